The number of carbonyl (C=O) groups excluding carboxylic acids is 1. The van der Waals surface area contributed by atoms with Crippen LogP contribution in [0.5, 0.6) is 0 Å². The first-order valence-corrected chi connectivity index (χ1v) is 12.2. The van der Waals surface area contributed by atoms with Crippen LogP contribution in [-0.2, 0) is 4.79 Å². The predicted molar refractivity (Wildman–Crippen MR) is 125 cm³/mol. The van der Waals surface area contributed by atoms with E-state index in [4.69, 9.17) is 17.3 Å². The fraction of sp³-hybridized carbons (Fsp3) is 0.304. The molecular weight excluding hydrogens is 434 g/mol. The van der Waals surface area contributed by atoms with E-state index in [1.165, 1.54) is 0 Å². The van der Waals surface area contributed by atoms with Gasteiger partial charge in [0.1, 0.15) is 5.82 Å². The minimum absolute atomic E-state index is 0.0978. The van der Waals surface area contributed by atoms with Crippen molar-refractivity contribution in [2.75, 3.05) is 11.2 Å². The molecule has 1 aliphatic heterocycles. The van der Waals surface area contributed by atoms with Crippen LogP contribution in [0.2, 0.25) is 5.02 Å². The van der Waals surface area contributed by atoms with Gasteiger partial charge in [-0.25, -0.2) is 0 Å². The average Bonchev–Trinajstić information content (AvgIpc) is 3.10. The second kappa shape index (κ2) is 8.14. The maximum Gasteiger partial charge on any atom is 0.161 e. The van der Waals surface area contributed by atoms with Crippen LogP contribution in [0.1, 0.15) is 41.2 Å². The SMILES string of the molecule is CSc1sc(C)cc1[C@H]1C(C#N)=C(N)N(c2ccc(C)c(Cl)c2)C2=C1C(=O)CCC2. The lowest BCUT2D eigenvalue weighted by atomic mass is 9.76. The molecule has 0 saturated heterocycles. The Bertz CT molecular complexity index is 1160. The lowest BCUT2D eigenvalue weighted by molar-refractivity contribution is -0.116. The predicted octanol–water partition coefficient (Wildman–Crippen LogP) is 6.05. The van der Waals surface area contributed by atoms with Gasteiger partial charge in [0.05, 0.1) is 21.8 Å². The summed E-state index contributed by atoms with van der Waals surface area (Å²) in [6.45, 7) is 3.99. The van der Waals surface area contributed by atoms with Gasteiger partial charge in [-0.05, 0) is 62.3 Å². The summed E-state index contributed by atoms with van der Waals surface area (Å²) in [6, 6.07) is 10.1. The number of allylic oxidation sites excluding steroid dienone is 3. The maximum absolute atomic E-state index is 13.2. The number of rotatable bonds is 3. The lowest BCUT2D eigenvalue weighted by Gasteiger charge is -2.39. The van der Waals surface area contributed by atoms with Gasteiger partial charge >= 0.3 is 0 Å². The van der Waals surface area contributed by atoms with Gasteiger partial charge in [-0.3, -0.25) is 9.69 Å². The number of anilines is 1. The Balaban J connectivity index is 1.99. The molecule has 1 aliphatic carbocycles. The third kappa shape index (κ3) is 3.35. The quantitative estimate of drug-likeness (QED) is 0.571. The van der Waals surface area contributed by atoms with Crippen LogP contribution in [0.3, 0.4) is 0 Å². The molecule has 154 valence electrons. The van der Waals surface area contributed by atoms with E-state index in [1.807, 2.05) is 36.3 Å². The number of thioether (sulfide) groups is 1. The monoisotopic (exact) mass is 455 g/mol. The van der Waals surface area contributed by atoms with Gasteiger partial charge in [-0.15, -0.1) is 23.1 Å². The van der Waals surface area contributed by atoms with Crippen LogP contribution in [0, 0.1) is 25.2 Å². The number of halogens is 1. The van der Waals surface area contributed by atoms with E-state index in [-0.39, 0.29) is 5.78 Å². The van der Waals surface area contributed by atoms with Gasteiger partial charge in [0.15, 0.2) is 5.78 Å². The van der Waals surface area contributed by atoms with E-state index in [9.17, 15) is 10.1 Å². The molecule has 2 aromatic rings. The molecular formula is C23H22ClN3OS2. The summed E-state index contributed by atoms with van der Waals surface area (Å²) in [4.78, 5) is 16.2. The van der Waals surface area contributed by atoms with Crippen molar-refractivity contribution in [1.29, 1.82) is 5.26 Å². The normalized spacial score (nSPS) is 19.2. The van der Waals surface area contributed by atoms with Crippen molar-refractivity contribution in [2.24, 2.45) is 5.73 Å². The van der Waals surface area contributed by atoms with Crippen LogP contribution < -0.4 is 10.6 Å². The smallest absolute Gasteiger partial charge is 0.161 e. The first-order valence-electron chi connectivity index (χ1n) is 9.74. The number of Topliss-reactive ketones (excluding diaryl/α,β-unsaturated/α-hetero) is 1. The van der Waals surface area contributed by atoms with Crippen molar-refractivity contribution in [3.63, 3.8) is 0 Å². The molecule has 2 aliphatic rings. The third-order valence-electron chi connectivity index (χ3n) is 5.67. The highest BCUT2D eigenvalue weighted by Crippen LogP contribution is 2.49. The van der Waals surface area contributed by atoms with Crippen molar-refractivity contribution in [3.8, 4) is 6.07 Å². The molecule has 0 amide bonds. The van der Waals surface area contributed by atoms with E-state index in [0.717, 1.165) is 44.4 Å². The summed E-state index contributed by atoms with van der Waals surface area (Å²) in [6.07, 6.45) is 4.03. The number of nitrogens with two attached hydrogens (primary N) is 1. The maximum atomic E-state index is 13.2. The van der Waals surface area contributed by atoms with E-state index in [2.05, 4.69) is 19.1 Å². The molecule has 0 unspecified atom stereocenters. The van der Waals surface area contributed by atoms with Gasteiger partial charge in [0, 0.05) is 33.3 Å². The highest BCUT2D eigenvalue weighted by atomic mass is 35.5. The molecule has 1 aromatic heterocycles. The highest BCUT2D eigenvalue weighted by molar-refractivity contribution is 8.00. The summed E-state index contributed by atoms with van der Waals surface area (Å²) in [7, 11) is 0. The summed E-state index contributed by atoms with van der Waals surface area (Å²) >= 11 is 9.72. The van der Waals surface area contributed by atoms with E-state index < -0.39 is 5.92 Å². The Morgan fingerprint density at radius 2 is 2.07 bits per heavy atom. The zero-order valence-electron chi connectivity index (χ0n) is 17.1. The number of ketones is 1. The van der Waals surface area contributed by atoms with Crippen LogP contribution >= 0.6 is 34.7 Å². The fourth-order valence-corrected chi connectivity index (χ4v) is 6.37. The van der Waals surface area contributed by atoms with E-state index >= 15 is 0 Å². The first kappa shape index (κ1) is 21.0. The molecule has 0 saturated carbocycles. The Morgan fingerprint density at radius 1 is 1.30 bits per heavy atom. The molecule has 2 heterocycles. The molecule has 0 bridgehead atoms. The Labute approximate surface area is 190 Å². The number of nitrogens with zero attached hydrogens (tertiary/aromatic N) is 2. The average molecular weight is 456 g/mol. The molecule has 7 heteroatoms. The van der Waals surface area contributed by atoms with Crippen LogP contribution in [0.15, 0.2) is 51.1 Å². The molecule has 4 rings (SSSR count). The third-order valence-corrected chi connectivity index (χ3v) is 8.30. The number of hydrogen-bond donors (Lipinski definition) is 1. The molecule has 0 fully saturated rings. The summed E-state index contributed by atoms with van der Waals surface area (Å²) in [5.41, 5.74) is 11.4. The van der Waals surface area contributed by atoms with Crippen molar-refractivity contribution in [3.05, 3.63) is 68.0 Å². The van der Waals surface area contributed by atoms with Gasteiger partial charge in [0.2, 0.25) is 0 Å². The molecule has 1 aromatic carbocycles. The molecule has 4 nitrogen and oxygen atoms in total. The summed E-state index contributed by atoms with van der Waals surface area (Å²) in [5, 5.41) is 10.8. The second-order valence-electron chi connectivity index (χ2n) is 7.55. The van der Waals surface area contributed by atoms with Crippen LogP contribution in [0.25, 0.3) is 0 Å². The minimum atomic E-state index is -0.414. The number of hydrogen-bond acceptors (Lipinski definition) is 6. The van der Waals surface area contributed by atoms with Crippen molar-refractivity contribution in [2.45, 2.75) is 43.2 Å². The fourth-order valence-electron chi connectivity index (χ4n) is 4.29. The summed E-state index contributed by atoms with van der Waals surface area (Å²) in [5.74, 6) is 0.0646. The lowest BCUT2D eigenvalue weighted by Crippen LogP contribution is -2.38. The van der Waals surface area contributed by atoms with Gasteiger partial charge < -0.3 is 5.73 Å². The van der Waals surface area contributed by atoms with Gasteiger partial charge in [-0.2, -0.15) is 5.26 Å². The van der Waals surface area contributed by atoms with Crippen molar-refractivity contribution in [1.82, 2.24) is 0 Å². The van der Waals surface area contributed by atoms with Gasteiger partial charge in [0.25, 0.3) is 0 Å². The zero-order valence-corrected chi connectivity index (χ0v) is 19.5. The Kier molecular flexibility index (Phi) is 5.71. The topological polar surface area (TPSA) is 70.1 Å². The second-order valence-corrected chi connectivity index (χ2v) is 10.3. The molecule has 0 radical (unpaired) electrons. The minimum Gasteiger partial charge on any atom is -0.384 e. The van der Waals surface area contributed by atoms with Crippen LogP contribution in [-0.4, -0.2) is 12.0 Å². The number of thiophene rings is 1. The zero-order chi connectivity index (χ0) is 21.6. The Morgan fingerprint density at radius 3 is 2.73 bits per heavy atom. The number of aryl methyl sites for hydroxylation is 2. The number of nitriles is 1. The molecule has 30 heavy (non-hydrogen) atoms. The van der Waals surface area contributed by atoms with Gasteiger partial charge in [-0.1, -0.05) is 17.7 Å². The Hall–Kier alpha value is -2.20. The first-order chi connectivity index (χ1) is 14.4. The van der Waals surface area contributed by atoms with Crippen molar-refractivity contribution >= 4 is 46.2 Å². The largest absolute Gasteiger partial charge is 0.384 e. The standard InChI is InChI=1S/C23H22ClN3OS2/c1-12-7-8-14(10-17(12)24)27-18-5-4-6-19(28)21(18)20(16(11-25)22(27)26)15-9-13(2)30-23(15)29-3/h7-10,20H,4-6,26H2,1-3H3/t20-/m0/s1. The van der Waals surface area contributed by atoms with Crippen molar-refractivity contribution < 1.29 is 4.79 Å². The van der Waals surface area contributed by atoms with E-state index in [0.29, 0.717) is 28.4 Å². The number of benzene rings is 1. The molecule has 1 atom stereocenters. The number of carbonyl (C=O) groups is 1. The van der Waals surface area contributed by atoms with Crippen LogP contribution in [0.4, 0.5) is 5.69 Å². The molecule has 0 spiro atoms. The van der Waals surface area contributed by atoms with E-state index in [1.54, 1.807) is 23.1 Å². The summed E-state index contributed by atoms with van der Waals surface area (Å²) < 4.78 is 1.12. The molecule has 2 N–H and O–H groups in total. The highest BCUT2D eigenvalue weighted by Gasteiger charge is 2.41.